The zero-order chi connectivity index (χ0) is 20.3. The summed E-state index contributed by atoms with van der Waals surface area (Å²) >= 11 is 0. The highest BCUT2D eigenvalue weighted by Gasteiger charge is 2.94. The molecule has 3 saturated heterocycles. The molecule has 0 amide bonds. The molecule has 0 aromatic heterocycles. The van der Waals surface area contributed by atoms with Crippen LogP contribution in [0.1, 0.15) is 40.0 Å². The molecule has 1 spiro atoms. The number of fused-ring (bicyclic) bond motifs is 1. The first-order chi connectivity index (χ1) is 13.1. The predicted octanol–water partition coefficient (Wildman–Crippen LogP) is 0.587. The molecule has 28 heavy (non-hydrogen) atoms. The SMILES string of the molecule is CO[C@@H](C=O)C12C(O)OC34C(=O)OC(C[C@H]1C(C)(C)C)C32CC1OC(=O)CC14. The number of esters is 2. The quantitative estimate of drug-likeness (QED) is 0.547. The molecule has 5 fully saturated rings. The smallest absolute Gasteiger partial charge is 0.340 e. The van der Waals surface area contributed by atoms with Gasteiger partial charge in [-0.1, -0.05) is 20.8 Å². The second-order valence-corrected chi connectivity index (χ2v) is 9.99. The Kier molecular flexibility index (Phi) is 3.40. The van der Waals surface area contributed by atoms with E-state index in [2.05, 4.69) is 0 Å². The van der Waals surface area contributed by atoms with Gasteiger partial charge in [0.05, 0.1) is 17.3 Å². The molecule has 154 valence electrons. The van der Waals surface area contributed by atoms with Crippen LogP contribution in [-0.2, 0) is 33.3 Å². The average Bonchev–Trinajstić information content (AvgIpc) is 3.28. The highest BCUT2D eigenvalue weighted by Crippen LogP contribution is 2.82. The molecule has 9 atom stereocenters. The molecule has 0 aromatic rings. The van der Waals surface area contributed by atoms with Gasteiger partial charge in [0.1, 0.15) is 24.6 Å². The molecule has 3 heterocycles. The van der Waals surface area contributed by atoms with Gasteiger partial charge < -0.3 is 28.8 Å². The molecule has 0 radical (unpaired) electrons. The van der Waals surface area contributed by atoms with Crippen LogP contribution in [-0.4, -0.2) is 60.6 Å². The number of aliphatic hydroxyl groups excluding tert-OH is 1. The maximum Gasteiger partial charge on any atom is 0.340 e. The van der Waals surface area contributed by atoms with Gasteiger partial charge >= 0.3 is 11.9 Å². The van der Waals surface area contributed by atoms with Crippen LogP contribution in [0.3, 0.4) is 0 Å². The van der Waals surface area contributed by atoms with Crippen molar-refractivity contribution in [3.05, 3.63) is 0 Å². The van der Waals surface area contributed by atoms with Crippen LogP contribution in [0.4, 0.5) is 0 Å². The summed E-state index contributed by atoms with van der Waals surface area (Å²) in [6, 6.07) is 0. The van der Waals surface area contributed by atoms with E-state index < -0.39 is 52.9 Å². The van der Waals surface area contributed by atoms with Crippen molar-refractivity contribution in [2.24, 2.45) is 28.1 Å². The number of methoxy groups -OCH3 is 1. The fraction of sp³-hybridized carbons (Fsp3) is 0.850. The lowest BCUT2D eigenvalue weighted by molar-refractivity contribution is -0.225. The highest BCUT2D eigenvalue weighted by molar-refractivity contribution is 5.89. The Labute approximate surface area is 162 Å². The fourth-order valence-corrected chi connectivity index (χ4v) is 7.70. The van der Waals surface area contributed by atoms with Crippen LogP contribution in [0.5, 0.6) is 0 Å². The number of hydrogen-bond donors (Lipinski definition) is 1. The van der Waals surface area contributed by atoms with Crippen molar-refractivity contribution in [2.45, 2.75) is 70.2 Å². The maximum atomic E-state index is 13.2. The van der Waals surface area contributed by atoms with Gasteiger partial charge in [0.15, 0.2) is 11.9 Å². The molecule has 5 rings (SSSR count). The summed E-state index contributed by atoms with van der Waals surface area (Å²) in [7, 11) is 1.43. The first kappa shape index (κ1) is 18.5. The van der Waals surface area contributed by atoms with Crippen LogP contribution in [0, 0.1) is 28.1 Å². The minimum atomic E-state index is -1.49. The summed E-state index contributed by atoms with van der Waals surface area (Å²) in [5, 5.41) is 11.3. The van der Waals surface area contributed by atoms with Crippen molar-refractivity contribution < 1.29 is 38.4 Å². The Balaban J connectivity index is 1.80. The van der Waals surface area contributed by atoms with E-state index in [1.807, 2.05) is 20.8 Å². The van der Waals surface area contributed by atoms with Crippen LogP contribution in [0.2, 0.25) is 0 Å². The van der Waals surface area contributed by atoms with Crippen LogP contribution in [0.15, 0.2) is 0 Å². The zero-order valence-electron chi connectivity index (χ0n) is 16.5. The maximum absolute atomic E-state index is 13.2. The molecule has 0 aromatic carbocycles. The minimum absolute atomic E-state index is 0.0377. The van der Waals surface area contributed by atoms with Gasteiger partial charge in [0.25, 0.3) is 0 Å². The molecule has 8 nitrogen and oxygen atoms in total. The molecule has 2 aliphatic carbocycles. The van der Waals surface area contributed by atoms with E-state index in [1.165, 1.54) is 7.11 Å². The van der Waals surface area contributed by atoms with Crippen molar-refractivity contribution in [3.8, 4) is 0 Å². The molecular formula is C20H26O8. The third kappa shape index (κ3) is 1.58. The standard InChI is InChI=1S/C20H26O8/c1-17(2,3)11-6-12-18-7-10-9(5-14(22)26-10)20(18,16(24)27-12)28-15(23)19(11,18)13(8-21)25-4/h8-13,15,23H,5-7H2,1-4H3/t9?,10?,11-,12?,13-,15?,18?,19?,20?/m0/s1. The minimum Gasteiger partial charge on any atom is -0.462 e. The molecule has 1 N–H and O–H groups in total. The summed E-state index contributed by atoms with van der Waals surface area (Å²) < 4.78 is 23.1. The molecule has 0 bridgehead atoms. The first-order valence-corrected chi connectivity index (χ1v) is 9.85. The van der Waals surface area contributed by atoms with E-state index in [1.54, 1.807) is 0 Å². The molecule has 7 unspecified atom stereocenters. The molecule has 2 saturated carbocycles. The molecule has 3 aliphatic heterocycles. The monoisotopic (exact) mass is 394 g/mol. The van der Waals surface area contributed by atoms with Gasteiger partial charge in [-0.2, -0.15) is 0 Å². The Morgan fingerprint density at radius 2 is 2.00 bits per heavy atom. The number of rotatable bonds is 3. The van der Waals surface area contributed by atoms with E-state index in [4.69, 9.17) is 18.9 Å². The van der Waals surface area contributed by atoms with E-state index in [0.29, 0.717) is 19.1 Å². The van der Waals surface area contributed by atoms with E-state index >= 15 is 0 Å². The number of carbonyl (C=O) groups excluding carboxylic acids is 3. The lowest BCUT2D eigenvalue weighted by Crippen LogP contribution is -2.60. The number of aliphatic hydroxyl groups is 1. The summed E-state index contributed by atoms with van der Waals surface area (Å²) in [6.07, 6.45) is -1.84. The van der Waals surface area contributed by atoms with E-state index in [-0.39, 0.29) is 23.7 Å². The normalized spacial score (nSPS) is 52.1. The largest absolute Gasteiger partial charge is 0.462 e. The summed E-state index contributed by atoms with van der Waals surface area (Å²) in [5.41, 5.74) is -3.96. The van der Waals surface area contributed by atoms with Gasteiger partial charge in [-0.25, -0.2) is 4.79 Å². The molecule has 5 aliphatic rings. The Morgan fingerprint density at radius 1 is 1.29 bits per heavy atom. The Bertz CT molecular complexity index is 773. The van der Waals surface area contributed by atoms with Crippen LogP contribution < -0.4 is 0 Å². The summed E-state index contributed by atoms with van der Waals surface area (Å²) in [6.45, 7) is 6.12. The van der Waals surface area contributed by atoms with Gasteiger partial charge in [0.2, 0.25) is 0 Å². The van der Waals surface area contributed by atoms with Crippen LogP contribution in [0.25, 0.3) is 0 Å². The third-order valence-corrected chi connectivity index (χ3v) is 8.33. The number of carbonyl (C=O) groups is 3. The fourth-order valence-electron chi connectivity index (χ4n) is 7.70. The van der Waals surface area contributed by atoms with Crippen LogP contribution >= 0.6 is 0 Å². The third-order valence-electron chi connectivity index (χ3n) is 8.33. The number of ether oxygens (including phenoxy) is 4. The second-order valence-electron chi connectivity index (χ2n) is 9.99. The second kappa shape index (κ2) is 5.15. The molecule has 8 heteroatoms. The predicted molar refractivity (Wildman–Crippen MR) is 91.6 cm³/mol. The Hall–Kier alpha value is -1.51. The van der Waals surface area contributed by atoms with Gasteiger partial charge in [0, 0.05) is 13.0 Å². The average molecular weight is 394 g/mol. The van der Waals surface area contributed by atoms with Gasteiger partial charge in [-0.05, 0) is 24.2 Å². The van der Waals surface area contributed by atoms with Crippen molar-refractivity contribution in [2.75, 3.05) is 7.11 Å². The number of hydrogen-bond acceptors (Lipinski definition) is 8. The number of aldehydes is 1. The van der Waals surface area contributed by atoms with Crippen molar-refractivity contribution in [1.82, 2.24) is 0 Å². The lowest BCUT2D eigenvalue weighted by Gasteiger charge is -2.50. The lowest BCUT2D eigenvalue weighted by atomic mass is 9.51. The van der Waals surface area contributed by atoms with E-state index in [9.17, 15) is 19.5 Å². The van der Waals surface area contributed by atoms with Gasteiger partial charge in [-0.3, -0.25) is 4.79 Å². The summed E-state index contributed by atoms with van der Waals surface area (Å²) in [5.74, 6) is -1.68. The summed E-state index contributed by atoms with van der Waals surface area (Å²) in [4.78, 5) is 37.3. The molecular weight excluding hydrogens is 368 g/mol. The van der Waals surface area contributed by atoms with Gasteiger partial charge in [-0.15, -0.1) is 0 Å². The van der Waals surface area contributed by atoms with Crippen molar-refractivity contribution in [3.63, 3.8) is 0 Å². The highest BCUT2D eigenvalue weighted by atomic mass is 16.7. The first-order valence-electron chi connectivity index (χ1n) is 9.85. The zero-order valence-corrected chi connectivity index (χ0v) is 16.5. The van der Waals surface area contributed by atoms with Crippen molar-refractivity contribution in [1.29, 1.82) is 0 Å². The topological polar surface area (TPSA) is 108 Å². The van der Waals surface area contributed by atoms with E-state index in [0.717, 1.165) is 0 Å². The van der Waals surface area contributed by atoms with Crippen molar-refractivity contribution >= 4 is 18.2 Å². The Morgan fingerprint density at radius 3 is 2.61 bits per heavy atom.